The fraction of sp³-hybridized carbons (Fsp3) is 0.438. The van der Waals surface area contributed by atoms with E-state index in [1.165, 1.54) is 33.8 Å². The molecule has 3 aromatic carbocycles. The van der Waals surface area contributed by atoms with E-state index in [4.69, 9.17) is 23.2 Å². The molecule has 210 valence electrons. The van der Waals surface area contributed by atoms with Crippen LogP contribution in [0, 0.1) is 0 Å². The Labute approximate surface area is 245 Å². The maximum absolute atomic E-state index is 6.08. The SMILES string of the molecule is CN(C)c1ccc(CN2CCCN(Cc3ccc(N(C)C)cc3)C2c2ccc(N(CCCl)CCCl)cc2)cc1. The molecular formula is C32H43Cl2N5. The van der Waals surface area contributed by atoms with Crippen LogP contribution >= 0.6 is 23.2 Å². The average Bonchev–Trinajstić information content (AvgIpc) is 2.94. The third-order valence-electron chi connectivity index (χ3n) is 7.52. The molecule has 0 amide bonds. The monoisotopic (exact) mass is 567 g/mol. The Kier molecular flexibility index (Phi) is 10.8. The second-order valence-electron chi connectivity index (χ2n) is 10.7. The zero-order valence-electron chi connectivity index (χ0n) is 23.9. The first-order chi connectivity index (χ1) is 18.9. The summed E-state index contributed by atoms with van der Waals surface area (Å²) in [5.74, 6) is 1.17. The molecule has 1 saturated heterocycles. The molecule has 0 radical (unpaired) electrons. The lowest BCUT2D eigenvalue weighted by Crippen LogP contribution is -2.46. The van der Waals surface area contributed by atoms with Gasteiger partial charge >= 0.3 is 0 Å². The summed E-state index contributed by atoms with van der Waals surface area (Å²) >= 11 is 12.2. The first kappa shape index (κ1) is 29.5. The van der Waals surface area contributed by atoms with Gasteiger partial charge in [-0.15, -0.1) is 23.2 Å². The van der Waals surface area contributed by atoms with E-state index in [0.717, 1.165) is 45.7 Å². The summed E-state index contributed by atoms with van der Waals surface area (Å²) in [6.07, 6.45) is 1.35. The molecule has 1 aliphatic rings. The van der Waals surface area contributed by atoms with Gasteiger partial charge in [-0.2, -0.15) is 0 Å². The van der Waals surface area contributed by atoms with Gasteiger partial charge < -0.3 is 14.7 Å². The van der Waals surface area contributed by atoms with Crippen LogP contribution in [0.5, 0.6) is 0 Å². The Morgan fingerprint density at radius 3 is 1.41 bits per heavy atom. The van der Waals surface area contributed by atoms with Gasteiger partial charge in [-0.25, -0.2) is 0 Å². The van der Waals surface area contributed by atoms with Gasteiger partial charge in [0, 0.05) is 96.3 Å². The van der Waals surface area contributed by atoms with Crippen molar-refractivity contribution in [2.24, 2.45) is 0 Å². The second-order valence-corrected chi connectivity index (χ2v) is 11.5. The van der Waals surface area contributed by atoms with E-state index in [-0.39, 0.29) is 6.17 Å². The maximum Gasteiger partial charge on any atom is 0.0892 e. The highest BCUT2D eigenvalue weighted by atomic mass is 35.5. The van der Waals surface area contributed by atoms with Crippen LogP contribution in [0.15, 0.2) is 72.8 Å². The van der Waals surface area contributed by atoms with Crippen LogP contribution < -0.4 is 14.7 Å². The van der Waals surface area contributed by atoms with Crippen molar-refractivity contribution in [3.05, 3.63) is 89.5 Å². The van der Waals surface area contributed by atoms with Gasteiger partial charge in [-0.1, -0.05) is 36.4 Å². The highest BCUT2D eigenvalue weighted by Crippen LogP contribution is 2.33. The predicted molar refractivity (Wildman–Crippen MR) is 170 cm³/mol. The lowest BCUT2D eigenvalue weighted by atomic mass is 10.0. The third-order valence-corrected chi connectivity index (χ3v) is 7.86. The Morgan fingerprint density at radius 1 is 0.615 bits per heavy atom. The minimum absolute atomic E-state index is 0.198. The fourth-order valence-corrected chi connectivity index (χ4v) is 5.81. The molecule has 5 nitrogen and oxygen atoms in total. The molecule has 1 heterocycles. The largest absolute Gasteiger partial charge is 0.378 e. The standard InChI is InChI=1S/C32H43Cl2N5/c1-35(2)29-12-6-26(7-13-29)24-38-20-5-21-39(25-27-8-14-30(15-9-27)36(3)4)32(38)28-10-16-31(17-11-28)37(22-18-33)23-19-34/h6-17,32H,5,18-25H2,1-4H3. The molecule has 0 unspecified atom stereocenters. The Bertz CT molecular complexity index is 1070. The topological polar surface area (TPSA) is 16.2 Å². The molecule has 0 aromatic heterocycles. The molecular weight excluding hydrogens is 525 g/mol. The highest BCUT2D eigenvalue weighted by molar-refractivity contribution is 6.18. The van der Waals surface area contributed by atoms with E-state index in [9.17, 15) is 0 Å². The molecule has 0 atom stereocenters. The normalized spacial score (nSPS) is 14.9. The van der Waals surface area contributed by atoms with Crippen LogP contribution in [-0.2, 0) is 13.1 Å². The van der Waals surface area contributed by atoms with Gasteiger partial charge in [0.25, 0.3) is 0 Å². The summed E-state index contributed by atoms with van der Waals surface area (Å²) in [5, 5.41) is 0. The molecule has 4 rings (SSSR count). The molecule has 39 heavy (non-hydrogen) atoms. The highest BCUT2D eigenvalue weighted by Gasteiger charge is 2.31. The molecule has 0 saturated carbocycles. The van der Waals surface area contributed by atoms with Crippen molar-refractivity contribution in [1.29, 1.82) is 0 Å². The first-order valence-electron chi connectivity index (χ1n) is 13.9. The van der Waals surface area contributed by atoms with Crippen LogP contribution in [0.2, 0.25) is 0 Å². The minimum Gasteiger partial charge on any atom is -0.378 e. The lowest BCUT2D eigenvalue weighted by Gasteiger charge is -2.44. The van der Waals surface area contributed by atoms with Crippen LogP contribution in [0.1, 0.15) is 29.3 Å². The average molecular weight is 569 g/mol. The number of rotatable bonds is 12. The number of alkyl halides is 2. The molecule has 3 aromatic rings. The summed E-state index contributed by atoms with van der Waals surface area (Å²) in [7, 11) is 8.35. The fourth-order valence-electron chi connectivity index (χ4n) is 5.40. The van der Waals surface area contributed by atoms with Crippen LogP contribution in [-0.4, -0.2) is 75.9 Å². The molecule has 0 aliphatic carbocycles. The van der Waals surface area contributed by atoms with Crippen molar-refractivity contribution in [1.82, 2.24) is 9.80 Å². The lowest BCUT2D eigenvalue weighted by molar-refractivity contribution is -0.00907. The third kappa shape index (κ3) is 7.82. The predicted octanol–water partition coefficient (Wildman–Crippen LogP) is 6.51. The molecule has 1 aliphatic heterocycles. The molecule has 1 fully saturated rings. The quantitative estimate of drug-likeness (QED) is 0.231. The summed E-state index contributed by atoms with van der Waals surface area (Å²) in [4.78, 5) is 11.8. The van der Waals surface area contributed by atoms with E-state index in [1.807, 2.05) is 0 Å². The zero-order chi connectivity index (χ0) is 27.8. The van der Waals surface area contributed by atoms with Gasteiger partial charge in [-0.3, -0.25) is 9.80 Å². The molecule has 7 heteroatoms. The van der Waals surface area contributed by atoms with Crippen LogP contribution in [0.4, 0.5) is 17.1 Å². The minimum atomic E-state index is 0.198. The smallest absolute Gasteiger partial charge is 0.0892 e. The first-order valence-corrected chi connectivity index (χ1v) is 14.9. The van der Waals surface area contributed by atoms with Gasteiger partial charge in [0.15, 0.2) is 0 Å². The van der Waals surface area contributed by atoms with Gasteiger partial charge in [0.2, 0.25) is 0 Å². The summed E-state index contributed by atoms with van der Waals surface area (Å²) in [5.41, 5.74) is 7.64. The Morgan fingerprint density at radius 2 is 1.03 bits per heavy atom. The van der Waals surface area contributed by atoms with Crippen molar-refractivity contribution < 1.29 is 0 Å². The van der Waals surface area contributed by atoms with Gasteiger partial charge in [0.05, 0.1) is 6.17 Å². The molecule has 0 N–H and O–H groups in total. The van der Waals surface area contributed by atoms with Crippen molar-refractivity contribution in [3.63, 3.8) is 0 Å². The summed E-state index contributed by atoms with van der Waals surface area (Å²) < 4.78 is 0. The van der Waals surface area contributed by atoms with Crippen molar-refractivity contribution >= 4 is 40.3 Å². The van der Waals surface area contributed by atoms with Crippen molar-refractivity contribution in [2.45, 2.75) is 25.7 Å². The van der Waals surface area contributed by atoms with E-state index in [2.05, 4.69) is 125 Å². The van der Waals surface area contributed by atoms with E-state index >= 15 is 0 Å². The summed E-state index contributed by atoms with van der Waals surface area (Å²) in [6.45, 7) is 5.56. The van der Waals surface area contributed by atoms with Crippen LogP contribution in [0.3, 0.4) is 0 Å². The summed E-state index contributed by atoms with van der Waals surface area (Å²) in [6, 6.07) is 27.0. The Balaban J connectivity index is 1.61. The van der Waals surface area contributed by atoms with Crippen molar-refractivity contribution in [2.75, 3.05) is 80.8 Å². The van der Waals surface area contributed by atoms with E-state index in [1.54, 1.807) is 0 Å². The Hall–Kier alpha value is -2.44. The number of halogens is 2. The van der Waals surface area contributed by atoms with Crippen LogP contribution in [0.25, 0.3) is 0 Å². The number of hydrogen-bond donors (Lipinski definition) is 0. The van der Waals surface area contributed by atoms with Gasteiger partial charge in [-0.05, 0) is 59.5 Å². The van der Waals surface area contributed by atoms with E-state index in [0.29, 0.717) is 11.8 Å². The van der Waals surface area contributed by atoms with E-state index < -0.39 is 0 Å². The zero-order valence-corrected chi connectivity index (χ0v) is 25.4. The molecule has 0 spiro atoms. The second kappa shape index (κ2) is 14.3. The number of nitrogens with zero attached hydrogens (tertiary/aromatic N) is 5. The maximum atomic E-state index is 6.08. The van der Waals surface area contributed by atoms with Gasteiger partial charge in [0.1, 0.15) is 0 Å². The molecule has 0 bridgehead atoms. The number of benzene rings is 3. The number of hydrogen-bond acceptors (Lipinski definition) is 5. The number of anilines is 3. The van der Waals surface area contributed by atoms with Crippen molar-refractivity contribution in [3.8, 4) is 0 Å².